The van der Waals surface area contributed by atoms with E-state index in [4.69, 9.17) is 23.2 Å². The molecule has 0 spiro atoms. The summed E-state index contributed by atoms with van der Waals surface area (Å²) in [4.78, 5) is 7.36. The average molecular weight is 152 g/mol. The quantitative estimate of drug-likeness (QED) is 0.510. The summed E-state index contributed by atoms with van der Waals surface area (Å²) in [7, 11) is 0. The minimum atomic E-state index is 0.296. The van der Waals surface area contributed by atoms with Crippen LogP contribution >= 0.6 is 23.2 Å². The molecule has 0 saturated carbocycles. The van der Waals surface area contributed by atoms with Crippen LogP contribution in [0.4, 0.5) is 0 Å². The molecule has 0 aromatic heterocycles. The minimum Gasteiger partial charge on any atom is -0.306 e. The monoisotopic (exact) mass is 151 g/mol. The van der Waals surface area contributed by atoms with Gasteiger partial charge >= 0.3 is 0 Å². The van der Waals surface area contributed by atoms with Gasteiger partial charge in [0.15, 0.2) is 10.6 Å². The Labute approximate surface area is 56.4 Å². The number of hydrogen-bond acceptors (Lipinski definition) is 3. The van der Waals surface area contributed by atoms with E-state index in [0.29, 0.717) is 17.3 Å². The normalized spacial score (nSPS) is 18.8. The summed E-state index contributed by atoms with van der Waals surface area (Å²) in [6.45, 7) is 0.324. The Morgan fingerprint density at radius 1 is 1.25 bits per heavy atom. The van der Waals surface area contributed by atoms with E-state index in [-0.39, 0.29) is 0 Å². The number of halogens is 2. The Balaban J connectivity index is 2.57. The topological polar surface area (TPSA) is 36.8 Å². The van der Waals surface area contributed by atoms with Crippen LogP contribution in [0.5, 0.6) is 0 Å². The van der Waals surface area contributed by atoms with Crippen molar-refractivity contribution in [2.75, 3.05) is 6.67 Å². The predicted octanol–water partition coefficient (Wildman–Crippen LogP) is 0.737. The molecule has 1 aliphatic heterocycles. The van der Waals surface area contributed by atoms with Gasteiger partial charge in [0, 0.05) is 0 Å². The second-order valence-electron chi connectivity index (χ2n) is 1.16. The van der Waals surface area contributed by atoms with Crippen LogP contribution in [0.3, 0.4) is 0 Å². The Morgan fingerprint density at radius 2 is 1.75 bits per heavy atom. The number of hydrogen-bond donors (Lipinski definition) is 1. The van der Waals surface area contributed by atoms with Crippen molar-refractivity contribution < 1.29 is 0 Å². The van der Waals surface area contributed by atoms with Gasteiger partial charge in [-0.05, 0) is 23.2 Å². The highest BCUT2D eigenvalue weighted by Crippen LogP contribution is 1.93. The number of aliphatic imine (C=N–C) groups is 2. The highest BCUT2D eigenvalue weighted by atomic mass is 35.5. The van der Waals surface area contributed by atoms with Gasteiger partial charge in [0.25, 0.3) is 0 Å². The SMILES string of the molecule is ClC1=NCN=C(Cl)N1. The summed E-state index contributed by atoms with van der Waals surface area (Å²) in [5.74, 6) is 0. The molecule has 0 aliphatic carbocycles. The maximum atomic E-state index is 5.39. The van der Waals surface area contributed by atoms with E-state index in [1.165, 1.54) is 0 Å². The molecule has 1 rings (SSSR count). The fourth-order valence-corrected chi connectivity index (χ4v) is 0.658. The molecule has 0 atom stereocenters. The van der Waals surface area contributed by atoms with Gasteiger partial charge in [0.2, 0.25) is 0 Å². The molecule has 0 aromatic carbocycles. The third kappa shape index (κ3) is 1.35. The molecule has 0 aromatic rings. The third-order valence-electron chi connectivity index (χ3n) is 0.625. The molecule has 0 saturated heterocycles. The first-order chi connectivity index (χ1) is 3.79. The van der Waals surface area contributed by atoms with Crippen molar-refractivity contribution in [1.29, 1.82) is 0 Å². The van der Waals surface area contributed by atoms with Gasteiger partial charge in [0.05, 0.1) is 0 Å². The van der Waals surface area contributed by atoms with Crippen LogP contribution in [0.2, 0.25) is 0 Å². The molecule has 1 aliphatic rings. The van der Waals surface area contributed by atoms with Gasteiger partial charge in [-0.25, -0.2) is 9.98 Å². The lowest BCUT2D eigenvalue weighted by Gasteiger charge is -2.03. The zero-order valence-corrected chi connectivity index (χ0v) is 5.37. The van der Waals surface area contributed by atoms with Crippen molar-refractivity contribution in [2.24, 2.45) is 9.98 Å². The first-order valence-electron chi connectivity index (χ1n) is 1.96. The van der Waals surface area contributed by atoms with Gasteiger partial charge in [-0.15, -0.1) is 0 Å². The average Bonchev–Trinajstić information content (AvgIpc) is 1.64. The van der Waals surface area contributed by atoms with Crippen molar-refractivity contribution in [2.45, 2.75) is 0 Å². The van der Waals surface area contributed by atoms with E-state index in [1.807, 2.05) is 0 Å². The van der Waals surface area contributed by atoms with Gasteiger partial charge < -0.3 is 5.32 Å². The second kappa shape index (κ2) is 2.33. The van der Waals surface area contributed by atoms with Crippen LogP contribution in [-0.2, 0) is 0 Å². The Bertz CT molecular complexity index is 135. The molecule has 3 nitrogen and oxygen atoms in total. The summed E-state index contributed by atoms with van der Waals surface area (Å²) in [5.41, 5.74) is 0. The maximum absolute atomic E-state index is 5.39. The molecule has 0 fully saturated rings. The van der Waals surface area contributed by atoms with Gasteiger partial charge in [0.1, 0.15) is 6.67 Å². The molecular weight excluding hydrogens is 149 g/mol. The summed E-state index contributed by atoms with van der Waals surface area (Å²) in [6.07, 6.45) is 0. The van der Waals surface area contributed by atoms with Crippen molar-refractivity contribution in [3.63, 3.8) is 0 Å². The van der Waals surface area contributed by atoms with E-state index in [0.717, 1.165) is 0 Å². The lowest BCUT2D eigenvalue weighted by molar-refractivity contribution is 1.03. The van der Waals surface area contributed by atoms with Crippen LogP contribution in [-0.4, -0.2) is 17.3 Å². The largest absolute Gasteiger partial charge is 0.306 e. The van der Waals surface area contributed by atoms with Crippen molar-refractivity contribution in [3.05, 3.63) is 0 Å². The molecule has 0 amide bonds. The van der Waals surface area contributed by atoms with Gasteiger partial charge in [-0.2, -0.15) is 0 Å². The van der Waals surface area contributed by atoms with Crippen molar-refractivity contribution >= 4 is 33.8 Å². The molecule has 1 heterocycles. The Hall–Kier alpha value is -0.280. The van der Waals surface area contributed by atoms with E-state index in [9.17, 15) is 0 Å². The minimum absolute atomic E-state index is 0.296. The lowest BCUT2D eigenvalue weighted by Crippen LogP contribution is -2.25. The standard InChI is InChI=1S/C3H3Cl2N3/c4-2-6-1-7-3(5)8-2/h1H2,(H,6,7,8). The zero-order valence-electron chi connectivity index (χ0n) is 3.86. The van der Waals surface area contributed by atoms with Crippen LogP contribution < -0.4 is 5.32 Å². The predicted molar refractivity (Wildman–Crippen MR) is 34.6 cm³/mol. The number of nitrogens with one attached hydrogen (secondary N) is 1. The van der Waals surface area contributed by atoms with Gasteiger partial charge in [-0.3, -0.25) is 0 Å². The van der Waals surface area contributed by atoms with Crippen molar-refractivity contribution in [1.82, 2.24) is 5.32 Å². The number of amidine groups is 2. The Kier molecular flexibility index (Phi) is 1.70. The molecular formula is C3H3Cl2N3. The Morgan fingerprint density at radius 3 is 2.00 bits per heavy atom. The third-order valence-corrected chi connectivity index (χ3v) is 1.05. The lowest BCUT2D eigenvalue weighted by atomic mass is 10.9. The molecule has 1 N–H and O–H groups in total. The molecule has 44 valence electrons. The van der Waals surface area contributed by atoms with Crippen molar-refractivity contribution in [3.8, 4) is 0 Å². The number of nitrogens with zero attached hydrogens (tertiary/aromatic N) is 2. The van der Waals surface area contributed by atoms with Crippen LogP contribution in [0.25, 0.3) is 0 Å². The molecule has 5 heteroatoms. The maximum Gasteiger partial charge on any atom is 0.199 e. The first-order valence-corrected chi connectivity index (χ1v) is 2.71. The van der Waals surface area contributed by atoms with E-state index < -0.39 is 0 Å². The summed E-state index contributed by atoms with van der Waals surface area (Å²) in [6, 6.07) is 0. The molecule has 0 unspecified atom stereocenters. The number of rotatable bonds is 0. The highest BCUT2D eigenvalue weighted by Gasteiger charge is 2.00. The first kappa shape index (κ1) is 5.85. The van der Waals surface area contributed by atoms with E-state index in [1.54, 1.807) is 0 Å². The smallest absolute Gasteiger partial charge is 0.199 e. The van der Waals surface area contributed by atoms with Gasteiger partial charge in [-0.1, -0.05) is 0 Å². The molecule has 0 radical (unpaired) electrons. The summed E-state index contributed by atoms with van der Waals surface area (Å²) >= 11 is 10.8. The molecule has 8 heavy (non-hydrogen) atoms. The van der Waals surface area contributed by atoms with E-state index in [2.05, 4.69) is 15.3 Å². The summed E-state index contributed by atoms with van der Waals surface area (Å²) < 4.78 is 0. The van der Waals surface area contributed by atoms with Crippen LogP contribution in [0.15, 0.2) is 9.98 Å². The summed E-state index contributed by atoms with van der Waals surface area (Å²) in [5, 5.41) is 3.10. The highest BCUT2D eigenvalue weighted by molar-refractivity contribution is 6.73. The zero-order chi connectivity index (χ0) is 5.98. The second-order valence-corrected chi connectivity index (χ2v) is 1.88. The van der Waals surface area contributed by atoms with E-state index >= 15 is 0 Å². The fraction of sp³-hybridized carbons (Fsp3) is 0.333. The van der Waals surface area contributed by atoms with Crippen LogP contribution in [0, 0.1) is 0 Å². The molecule has 0 bridgehead atoms. The van der Waals surface area contributed by atoms with Crippen LogP contribution in [0.1, 0.15) is 0 Å². The fourth-order valence-electron chi connectivity index (χ4n) is 0.324.